The van der Waals surface area contributed by atoms with E-state index in [2.05, 4.69) is 5.32 Å². The van der Waals surface area contributed by atoms with Crippen molar-refractivity contribution in [3.63, 3.8) is 0 Å². The average molecular weight is 292 g/mol. The van der Waals surface area contributed by atoms with E-state index in [1.165, 1.54) is 0 Å². The fraction of sp³-hybridized carbons (Fsp3) is 0.562. The van der Waals surface area contributed by atoms with E-state index in [0.29, 0.717) is 25.1 Å². The summed E-state index contributed by atoms with van der Waals surface area (Å²) in [6.45, 7) is 5.95. The molecule has 1 saturated carbocycles. The van der Waals surface area contributed by atoms with Crippen LogP contribution in [0.3, 0.4) is 0 Å². The number of ether oxygens (including phenoxy) is 1. The van der Waals surface area contributed by atoms with Gasteiger partial charge in [0.25, 0.3) is 0 Å². The van der Waals surface area contributed by atoms with Crippen LogP contribution in [0.4, 0.5) is 10.5 Å². The van der Waals surface area contributed by atoms with E-state index < -0.39 is 11.7 Å². The molecule has 0 unspecified atom stereocenters. The second kappa shape index (κ2) is 5.66. The number of carbonyl (C=O) groups is 1. The number of benzene rings is 1. The third kappa shape index (κ3) is 3.74. The van der Waals surface area contributed by atoms with Crippen molar-refractivity contribution in [3.8, 4) is 0 Å². The van der Waals surface area contributed by atoms with Gasteiger partial charge in [-0.05, 0) is 51.3 Å². The van der Waals surface area contributed by atoms with Gasteiger partial charge in [0.15, 0.2) is 0 Å². The molecule has 4 N–H and O–H groups in total. The lowest BCUT2D eigenvalue weighted by atomic mass is 9.63. The molecule has 0 radical (unpaired) electrons. The Morgan fingerprint density at radius 3 is 2.67 bits per heavy atom. The summed E-state index contributed by atoms with van der Waals surface area (Å²) in [4.78, 5) is 11.8. The third-order valence-corrected chi connectivity index (χ3v) is 3.76. The van der Waals surface area contributed by atoms with Gasteiger partial charge >= 0.3 is 6.09 Å². The number of nitrogens with two attached hydrogens (primary N) is 1. The fourth-order valence-corrected chi connectivity index (χ4v) is 2.71. The van der Waals surface area contributed by atoms with Gasteiger partial charge in [0.2, 0.25) is 0 Å². The minimum absolute atomic E-state index is 0.176. The molecule has 0 bridgehead atoms. The van der Waals surface area contributed by atoms with Crippen LogP contribution in [0.2, 0.25) is 0 Å². The van der Waals surface area contributed by atoms with Crippen molar-refractivity contribution in [3.05, 3.63) is 29.8 Å². The van der Waals surface area contributed by atoms with Gasteiger partial charge in [0.05, 0.1) is 6.10 Å². The lowest BCUT2D eigenvalue weighted by Gasteiger charge is -2.45. The lowest BCUT2D eigenvalue weighted by molar-refractivity contribution is 0.0221. The Labute approximate surface area is 125 Å². The lowest BCUT2D eigenvalue weighted by Crippen LogP contribution is -2.49. The van der Waals surface area contributed by atoms with E-state index in [1.807, 2.05) is 45.0 Å². The summed E-state index contributed by atoms with van der Waals surface area (Å²) in [7, 11) is 0. The maximum absolute atomic E-state index is 11.8. The maximum atomic E-state index is 11.8. The molecule has 0 heterocycles. The summed E-state index contributed by atoms with van der Waals surface area (Å²) in [6, 6.07) is 7.58. The predicted molar refractivity (Wildman–Crippen MR) is 82.3 cm³/mol. The first-order valence-electron chi connectivity index (χ1n) is 7.23. The standard InChI is InChI=1S/C16H24N2O3/c1-15(2,3)21-14(20)18-12-6-4-5-11(7-12)16(10-17)8-13(19)9-16/h4-7,13,19H,8-10,17H2,1-3H3,(H,18,20). The quantitative estimate of drug-likeness (QED) is 0.798. The summed E-state index contributed by atoms with van der Waals surface area (Å²) in [5, 5.41) is 12.3. The zero-order valence-electron chi connectivity index (χ0n) is 12.8. The van der Waals surface area contributed by atoms with E-state index >= 15 is 0 Å². The zero-order valence-corrected chi connectivity index (χ0v) is 12.8. The molecule has 0 aromatic heterocycles. The highest BCUT2D eigenvalue weighted by atomic mass is 16.6. The van der Waals surface area contributed by atoms with Crippen molar-refractivity contribution in [1.29, 1.82) is 0 Å². The van der Waals surface area contributed by atoms with Crippen LogP contribution < -0.4 is 11.1 Å². The van der Waals surface area contributed by atoms with Gasteiger partial charge in [0.1, 0.15) is 5.60 Å². The van der Waals surface area contributed by atoms with E-state index in [1.54, 1.807) is 0 Å². The first-order chi connectivity index (χ1) is 9.74. The van der Waals surface area contributed by atoms with Gasteiger partial charge in [-0.1, -0.05) is 12.1 Å². The Morgan fingerprint density at radius 1 is 1.48 bits per heavy atom. The number of rotatable bonds is 3. The third-order valence-electron chi connectivity index (χ3n) is 3.76. The molecule has 1 fully saturated rings. The molecule has 1 aromatic rings. The van der Waals surface area contributed by atoms with Gasteiger partial charge < -0.3 is 15.6 Å². The summed E-state index contributed by atoms with van der Waals surface area (Å²) in [5.74, 6) is 0. The number of aliphatic hydroxyl groups is 1. The average Bonchev–Trinajstić information content (AvgIpc) is 2.32. The molecule has 5 nitrogen and oxygen atoms in total. The van der Waals surface area contributed by atoms with Crippen molar-refractivity contribution < 1.29 is 14.6 Å². The van der Waals surface area contributed by atoms with E-state index in [9.17, 15) is 9.90 Å². The highest BCUT2D eigenvalue weighted by Crippen LogP contribution is 2.43. The molecule has 1 amide bonds. The zero-order chi connectivity index (χ0) is 15.7. The normalized spacial score (nSPS) is 25.1. The number of carbonyl (C=O) groups excluding carboxylic acids is 1. The van der Waals surface area contributed by atoms with Crippen LogP contribution in [-0.2, 0) is 10.2 Å². The van der Waals surface area contributed by atoms with Crippen LogP contribution in [0.15, 0.2) is 24.3 Å². The van der Waals surface area contributed by atoms with Crippen molar-refractivity contribution in [2.45, 2.75) is 50.7 Å². The Hall–Kier alpha value is -1.59. The minimum atomic E-state index is -0.530. The van der Waals surface area contributed by atoms with Gasteiger partial charge in [-0.2, -0.15) is 0 Å². The Balaban J connectivity index is 2.10. The second-order valence-electron chi connectivity index (χ2n) is 6.75. The Morgan fingerprint density at radius 2 is 2.14 bits per heavy atom. The predicted octanol–water partition coefficient (Wildman–Crippen LogP) is 2.38. The van der Waals surface area contributed by atoms with Gasteiger partial charge in [-0.15, -0.1) is 0 Å². The van der Waals surface area contributed by atoms with Crippen LogP contribution in [0, 0.1) is 0 Å². The van der Waals surface area contributed by atoms with Crippen LogP contribution in [0.1, 0.15) is 39.2 Å². The van der Waals surface area contributed by atoms with Gasteiger partial charge in [0, 0.05) is 17.6 Å². The number of nitrogens with one attached hydrogen (secondary N) is 1. The first-order valence-corrected chi connectivity index (χ1v) is 7.23. The summed E-state index contributed by atoms with van der Waals surface area (Å²) < 4.78 is 5.24. The van der Waals surface area contributed by atoms with Crippen LogP contribution in [0.5, 0.6) is 0 Å². The van der Waals surface area contributed by atoms with Crippen molar-refractivity contribution in [2.75, 3.05) is 11.9 Å². The van der Waals surface area contributed by atoms with E-state index in [-0.39, 0.29) is 11.5 Å². The molecule has 0 saturated heterocycles. The Kier molecular flexibility index (Phi) is 4.25. The van der Waals surface area contributed by atoms with Crippen LogP contribution in [0.25, 0.3) is 0 Å². The summed E-state index contributed by atoms with van der Waals surface area (Å²) >= 11 is 0. The molecular weight excluding hydrogens is 268 g/mol. The van der Waals surface area contributed by atoms with E-state index in [4.69, 9.17) is 10.5 Å². The van der Waals surface area contributed by atoms with Gasteiger partial charge in [-0.25, -0.2) is 4.79 Å². The molecule has 116 valence electrons. The molecule has 1 aliphatic rings. The number of amides is 1. The molecule has 0 aliphatic heterocycles. The number of hydrogen-bond donors (Lipinski definition) is 3. The Bertz CT molecular complexity index is 516. The van der Waals surface area contributed by atoms with Crippen molar-refractivity contribution in [1.82, 2.24) is 0 Å². The monoisotopic (exact) mass is 292 g/mol. The highest BCUT2D eigenvalue weighted by Gasteiger charge is 2.43. The molecular formula is C16H24N2O3. The largest absolute Gasteiger partial charge is 0.444 e. The molecule has 0 atom stereocenters. The maximum Gasteiger partial charge on any atom is 0.412 e. The fourth-order valence-electron chi connectivity index (χ4n) is 2.71. The van der Waals surface area contributed by atoms with Crippen LogP contribution >= 0.6 is 0 Å². The SMILES string of the molecule is CC(C)(C)OC(=O)Nc1cccc(C2(CN)CC(O)C2)c1. The first kappa shape index (κ1) is 15.8. The second-order valence-corrected chi connectivity index (χ2v) is 6.75. The summed E-state index contributed by atoms with van der Waals surface area (Å²) in [5.41, 5.74) is 6.89. The highest BCUT2D eigenvalue weighted by molar-refractivity contribution is 5.85. The molecule has 1 aromatic carbocycles. The number of hydrogen-bond acceptors (Lipinski definition) is 4. The minimum Gasteiger partial charge on any atom is -0.444 e. The van der Waals surface area contributed by atoms with Crippen molar-refractivity contribution >= 4 is 11.8 Å². The molecule has 21 heavy (non-hydrogen) atoms. The molecule has 5 heteroatoms. The van der Waals surface area contributed by atoms with Gasteiger partial charge in [-0.3, -0.25) is 5.32 Å². The van der Waals surface area contributed by atoms with Crippen molar-refractivity contribution in [2.24, 2.45) is 5.73 Å². The summed E-state index contributed by atoms with van der Waals surface area (Å²) in [6.07, 6.45) is 0.574. The molecule has 2 rings (SSSR count). The van der Waals surface area contributed by atoms with E-state index in [0.717, 1.165) is 5.56 Å². The number of aliphatic hydroxyl groups excluding tert-OH is 1. The molecule has 1 aliphatic carbocycles. The van der Waals surface area contributed by atoms with Crippen LogP contribution in [-0.4, -0.2) is 29.4 Å². The number of anilines is 1. The smallest absolute Gasteiger partial charge is 0.412 e. The topological polar surface area (TPSA) is 84.6 Å². The molecule has 0 spiro atoms.